The van der Waals surface area contributed by atoms with Crippen molar-refractivity contribution in [1.82, 2.24) is 14.5 Å². The molecule has 1 aliphatic rings. The largest absolute Gasteiger partial charge is 0.435 e. The predicted molar refractivity (Wildman–Crippen MR) is 129 cm³/mol. The average molecular weight is 521 g/mol. The van der Waals surface area contributed by atoms with E-state index in [1.165, 1.54) is 28.9 Å². The number of hydrogen-bond donors (Lipinski definition) is 2. The minimum absolute atomic E-state index is 0.0805. The van der Waals surface area contributed by atoms with Crippen molar-refractivity contribution in [2.45, 2.75) is 63.2 Å². The fraction of sp³-hybridized carbons (Fsp3) is 0.360. The van der Waals surface area contributed by atoms with Crippen molar-refractivity contribution in [3.05, 3.63) is 76.6 Å². The number of anilines is 1. The molecule has 2 N–H and O–H groups in total. The number of halogens is 3. The molecule has 0 atom stereocenters. The summed E-state index contributed by atoms with van der Waals surface area (Å²) in [5.74, 6) is -0.425. The van der Waals surface area contributed by atoms with Gasteiger partial charge in [0.25, 0.3) is 5.91 Å². The Balaban J connectivity index is 1.50. The summed E-state index contributed by atoms with van der Waals surface area (Å²) in [6.07, 6.45) is -2.09. The van der Waals surface area contributed by atoms with Crippen LogP contribution in [-0.4, -0.2) is 30.1 Å². The van der Waals surface area contributed by atoms with E-state index in [4.69, 9.17) is 0 Å². The van der Waals surface area contributed by atoms with E-state index in [-0.39, 0.29) is 23.0 Å². The summed E-state index contributed by atoms with van der Waals surface area (Å²) < 4.78 is 68.9. The smallest absolute Gasteiger partial charge is 0.322 e. The summed E-state index contributed by atoms with van der Waals surface area (Å²) in [6.45, 7) is 3.56. The van der Waals surface area contributed by atoms with Gasteiger partial charge in [-0.25, -0.2) is 13.1 Å². The Morgan fingerprint density at radius 1 is 1.08 bits per heavy atom. The summed E-state index contributed by atoms with van der Waals surface area (Å²) >= 11 is 0. The van der Waals surface area contributed by atoms with Crippen LogP contribution in [0.5, 0.6) is 0 Å². The van der Waals surface area contributed by atoms with Crippen molar-refractivity contribution < 1.29 is 26.4 Å². The number of rotatable bonds is 7. The number of nitrogens with one attached hydrogen (secondary N) is 2. The second-order valence-electron chi connectivity index (χ2n) is 9.09. The standard InChI is InChI=1S/C25H27F3N4O3S/c1-16(2)31-36(34,35)20-12-10-19(11-13-20)29-24(33)18-7-5-6-17(14-18)15-32-22-9-4-3-8-21(22)23(30-32)25(26,27)28/h5-7,10-14,16,31H,3-4,8-9,15H2,1-2H3,(H,29,33). The van der Waals surface area contributed by atoms with Gasteiger partial charge in [0.1, 0.15) is 0 Å². The zero-order chi connectivity index (χ0) is 26.1. The first-order chi connectivity index (χ1) is 16.9. The first-order valence-electron chi connectivity index (χ1n) is 11.6. The third-order valence-corrected chi connectivity index (χ3v) is 7.53. The highest BCUT2D eigenvalue weighted by Gasteiger charge is 2.39. The van der Waals surface area contributed by atoms with Gasteiger partial charge in [0.05, 0.1) is 11.4 Å². The van der Waals surface area contributed by atoms with Gasteiger partial charge in [-0.05, 0) is 81.5 Å². The number of nitrogens with zero attached hydrogens (tertiary/aromatic N) is 2. The first kappa shape index (κ1) is 25.9. The van der Waals surface area contributed by atoms with Crippen LogP contribution in [-0.2, 0) is 35.6 Å². The molecule has 3 aromatic rings. The molecule has 36 heavy (non-hydrogen) atoms. The van der Waals surface area contributed by atoms with Gasteiger partial charge in [0, 0.05) is 28.6 Å². The number of benzene rings is 2. The molecule has 0 saturated heterocycles. The maximum Gasteiger partial charge on any atom is 0.435 e. The van der Waals surface area contributed by atoms with E-state index in [1.54, 1.807) is 38.1 Å². The second kappa shape index (κ2) is 10.1. The molecule has 2 aromatic carbocycles. The molecule has 11 heteroatoms. The zero-order valence-electron chi connectivity index (χ0n) is 19.9. The molecule has 192 valence electrons. The number of fused-ring (bicyclic) bond motifs is 1. The Morgan fingerprint density at radius 2 is 1.78 bits per heavy atom. The van der Waals surface area contributed by atoms with Gasteiger partial charge < -0.3 is 5.32 Å². The van der Waals surface area contributed by atoms with Crippen LogP contribution in [0.2, 0.25) is 0 Å². The number of alkyl halides is 3. The Kier molecular flexibility index (Phi) is 7.24. The van der Waals surface area contributed by atoms with E-state index >= 15 is 0 Å². The van der Waals surface area contributed by atoms with Crippen molar-refractivity contribution in [2.75, 3.05) is 5.32 Å². The lowest BCUT2D eigenvalue weighted by Crippen LogP contribution is -2.30. The lowest BCUT2D eigenvalue weighted by molar-refractivity contribution is -0.142. The predicted octanol–water partition coefficient (Wildman–Crippen LogP) is 4.77. The number of hydrogen-bond acceptors (Lipinski definition) is 4. The molecule has 1 heterocycles. The zero-order valence-corrected chi connectivity index (χ0v) is 20.7. The topological polar surface area (TPSA) is 93.1 Å². The van der Waals surface area contributed by atoms with Gasteiger partial charge in [-0.1, -0.05) is 12.1 Å². The molecule has 7 nitrogen and oxygen atoms in total. The van der Waals surface area contributed by atoms with Crippen molar-refractivity contribution >= 4 is 21.6 Å². The number of carbonyl (C=O) groups is 1. The summed E-state index contributed by atoms with van der Waals surface area (Å²) in [5, 5.41) is 6.60. The van der Waals surface area contributed by atoms with Gasteiger partial charge in [-0.15, -0.1) is 0 Å². The van der Waals surface area contributed by atoms with Crippen LogP contribution < -0.4 is 10.0 Å². The van der Waals surface area contributed by atoms with E-state index < -0.39 is 27.8 Å². The van der Waals surface area contributed by atoms with Gasteiger partial charge in [-0.3, -0.25) is 9.48 Å². The second-order valence-corrected chi connectivity index (χ2v) is 10.8. The molecule has 0 spiro atoms. The van der Waals surface area contributed by atoms with Crippen LogP contribution in [0.1, 0.15) is 59.6 Å². The molecule has 0 fully saturated rings. The highest BCUT2D eigenvalue weighted by Crippen LogP contribution is 2.36. The van der Waals surface area contributed by atoms with Crippen LogP contribution in [0.3, 0.4) is 0 Å². The van der Waals surface area contributed by atoms with E-state index in [0.717, 1.165) is 6.42 Å². The quantitative estimate of drug-likeness (QED) is 0.470. The van der Waals surface area contributed by atoms with Crippen LogP contribution in [0.4, 0.5) is 18.9 Å². The summed E-state index contributed by atoms with van der Waals surface area (Å²) in [6, 6.07) is 12.1. The van der Waals surface area contributed by atoms with Gasteiger partial charge in [-0.2, -0.15) is 18.3 Å². The average Bonchev–Trinajstić information content (AvgIpc) is 3.18. The molecule has 0 unspecified atom stereocenters. The molecule has 0 radical (unpaired) electrons. The molecule has 0 aliphatic heterocycles. The van der Waals surface area contributed by atoms with Crippen molar-refractivity contribution in [2.24, 2.45) is 0 Å². The molecular weight excluding hydrogens is 493 g/mol. The summed E-state index contributed by atoms with van der Waals surface area (Å²) in [5.41, 5.74) is 1.43. The molecule has 0 bridgehead atoms. The maximum absolute atomic E-state index is 13.5. The summed E-state index contributed by atoms with van der Waals surface area (Å²) in [7, 11) is -3.65. The Morgan fingerprint density at radius 3 is 2.44 bits per heavy atom. The third kappa shape index (κ3) is 5.79. The van der Waals surface area contributed by atoms with Gasteiger partial charge in [0.15, 0.2) is 5.69 Å². The van der Waals surface area contributed by atoms with E-state index in [0.29, 0.717) is 41.8 Å². The lowest BCUT2D eigenvalue weighted by atomic mass is 9.95. The van der Waals surface area contributed by atoms with Crippen molar-refractivity contribution in [3.63, 3.8) is 0 Å². The monoisotopic (exact) mass is 520 g/mol. The van der Waals surface area contributed by atoms with E-state index in [1.807, 2.05) is 0 Å². The van der Waals surface area contributed by atoms with E-state index in [9.17, 15) is 26.4 Å². The van der Waals surface area contributed by atoms with Crippen molar-refractivity contribution in [3.8, 4) is 0 Å². The highest BCUT2D eigenvalue weighted by molar-refractivity contribution is 7.89. The van der Waals surface area contributed by atoms with Crippen LogP contribution >= 0.6 is 0 Å². The fourth-order valence-electron chi connectivity index (χ4n) is 4.31. The highest BCUT2D eigenvalue weighted by atomic mass is 32.2. The Bertz CT molecular complexity index is 1360. The molecule has 1 aliphatic carbocycles. The number of carbonyl (C=O) groups excluding carboxylic acids is 1. The lowest BCUT2D eigenvalue weighted by Gasteiger charge is -2.15. The fourth-order valence-corrected chi connectivity index (χ4v) is 5.56. The SMILES string of the molecule is CC(C)NS(=O)(=O)c1ccc(NC(=O)c2cccc(Cn3nc(C(F)(F)F)c4c3CCCC4)c2)cc1. The van der Waals surface area contributed by atoms with E-state index in [2.05, 4.69) is 15.1 Å². The maximum atomic E-state index is 13.5. The number of amides is 1. The molecular formula is C25H27F3N4O3S. The normalized spacial score (nSPS) is 14.1. The number of sulfonamides is 1. The van der Waals surface area contributed by atoms with Gasteiger partial charge >= 0.3 is 6.18 Å². The molecule has 1 aromatic heterocycles. The summed E-state index contributed by atoms with van der Waals surface area (Å²) in [4.78, 5) is 12.9. The van der Waals surface area contributed by atoms with Crippen LogP contribution in [0, 0.1) is 0 Å². The molecule has 1 amide bonds. The number of aromatic nitrogens is 2. The molecule has 0 saturated carbocycles. The Hall–Kier alpha value is -3.18. The van der Waals surface area contributed by atoms with Crippen LogP contribution in [0.15, 0.2) is 53.4 Å². The van der Waals surface area contributed by atoms with Crippen LogP contribution in [0.25, 0.3) is 0 Å². The van der Waals surface area contributed by atoms with Gasteiger partial charge in [0.2, 0.25) is 10.0 Å². The Labute approximate surface area is 207 Å². The minimum Gasteiger partial charge on any atom is -0.322 e. The first-order valence-corrected chi connectivity index (χ1v) is 13.1. The molecule has 4 rings (SSSR count). The van der Waals surface area contributed by atoms with Crippen molar-refractivity contribution in [1.29, 1.82) is 0 Å². The minimum atomic E-state index is -4.51. The third-order valence-electron chi connectivity index (χ3n) is 5.86.